The number of rotatable bonds is 4. The highest BCUT2D eigenvalue weighted by Gasteiger charge is 2.27. The minimum absolute atomic E-state index is 0.0388. The summed E-state index contributed by atoms with van der Waals surface area (Å²) >= 11 is 0. The number of fused-ring (bicyclic) bond motifs is 1. The molecule has 0 unspecified atom stereocenters. The number of carbonyl (C=O) groups is 1. The van der Waals surface area contributed by atoms with Crippen LogP contribution in [-0.2, 0) is 16.0 Å². The van der Waals surface area contributed by atoms with Gasteiger partial charge in [-0.3, -0.25) is 0 Å². The predicted molar refractivity (Wildman–Crippen MR) is 93.4 cm³/mol. The fourth-order valence-electron chi connectivity index (χ4n) is 3.49. The Morgan fingerprint density at radius 2 is 2.04 bits per heavy atom. The van der Waals surface area contributed by atoms with Gasteiger partial charge >= 0.3 is 6.03 Å². The molecule has 0 bridgehead atoms. The summed E-state index contributed by atoms with van der Waals surface area (Å²) in [5.41, 5.74) is 0.848. The molecule has 2 amide bonds. The topological polar surface area (TPSA) is 63.9 Å². The number of carbonyl (C=O) groups excluding carboxylic acids is 1. The van der Waals surface area contributed by atoms with E-state index in [0.717, 1.165) is 55.7 Å². The molecule has 4 rings (SSSR count). The minimum Gasteiger partial charge on any atom is -0.459 e. The zero-order chi connectivity index (χ0) is 17.1. The van der Waals surface area contributed by atoms with Crippen molar-refractivity contribution in [2.75, 3.05) is 26.3 Å². The van der Waals surface area contributed by atoms with Crippen LogP contribution in [-0.4, -0.2) is 49.4 Å². The number of hydrogen-bond acceptors (Lipinski definition) is 4. The molecule has 1 aromatic carbocycles. The zero-order valence-corrected chi connectivity index (χ0v) is 14.3. The second kappa shape index (κ2) is 7.45. The van der Waals surface area contributed by atoms with Gasteiger partial charge in [0.15, 0.2) is 0 Å². The van der Waals surface area contributed by atoms with E-state index in [0.29, 0.717) is 13.2 Å². The number of para-hydroxylation sites is 1. The minimum atomic E-state index is -0.0388. The van der Waals surface area contributed by atoms with Crippen LogP contribution in [0.25, 0.3) is 11.0 Å². The summed E-state index contributed by atoms with van der Waals surface area (Å²) in [7, 11) is 0. The molecule has 25 heavy (non-hydrogen) atoms. The van der Waals surface area contributed by atoms with Crippen molar-refractivity contribution in [1.29, 1.82) is 0 Å². The molecule has 2 saturated heterocycles. The average molecular weight is 344 g/mol. The summed E-state index contributed by atoms with van der Waals surface area (Å²) in [6.07, 6.45) is 3.23. The van der Waals surface area contributed by atoms with E-state index in [2.05, 4.69) is 5.32 Å². The Bertz CT molecular complexity index is 682. The van der Waals surface area contributed by atoms with Crippen molar-refractivity contribution in [2.24, 2.45) is 0 Å². The molecular formula is C19H24N2O4. The zero-order valence-electron chi connectivity index (χ0n) is 14.3. The normalized spacial score (nSPS) is 21.8. The number of amides is 2. The van der Waals surface area contributed by atoms with Crippen LogP contribution in [0.3, 0.4) is 0 Å². The van der Waals surface area contributed by atoms with Gasteiger partial charge in [0.05, 0.1) is 25.4 Å². The fourth-order valence-corrected chi connectivity index (χ4v) is 3.49. The first kappa shape index (κ1) is 16.4. The lowest BCUT2D eigenvalue weighted by molar-refractivity contribution is -0.0392. The van der Waals surface area contributed by atoms with Crippen molar-refractivity contribution in [1.82, 2.24) is 10.2 Å². The van der Waals surface area contributed by atoms with Gasteiger partial charge < -0.3 is 24.1 Å². The maximum Gasteiger partial charge on any atom is 0.317 e. The standard InChI is InChI=1S/C19H24N2O4/c22-19(20-12-17-11-14-3-1-2-4-18(14)25-17)21-8-5-15(6-9-21)24-16-7-10-23-13-16/h1-4,11,15-16H,5-10,12-13H2,(H,20,22)/t16-/m0/s1. The number of furan rings is 1. The first-order valence-corrected chi connectivity index (χ1v) is 9.01. The van der Waals surface area contributed by atoms with E-state index in [1.54, 1.807) is 0 Å². The maximum absolute atomic E-state index is 12.4. The lowest BCUT2D eigenvalue weighted by atomic mass is 10.1. The van der Waals surface area contributed by atoms with Gasteiger partial charge in [0, 0.05) is 25.1 Å². The molecule has 2 aliphatic heterocycles. The Hall–Kier alpha value is -2.05. The molecule has 1 aromatic heterocycles. The molecule has 1 N–H and O–H groups in total. The summed E-state index contributed by atoms with van der Waals surface area (Å²) < 4.78 is 17.1. The Morgan fingerprint density at radius 1 is 1.20 bits per heavy atom. The van der Waals surface area contributed by atoms with Crippen LogP contribution in [0.5, 0.6) is 0 Å². The van der Waals surface area contributed by atoms with Crippen LogP contribution < -0.4 is 5.32 Å². The van der Waals surface area contributed by atoms with Crippen LogP contribution in [0.1, 0.15) is 25.0 Å². The van der Waals surface area contributed by atoms with Crippen LogP contribution >= 0.6 is 0 Å². The lowest BCUT2D eigenvalue weighted by Crippen LogP contribution is -2.46. The number of piperidine rings is 1. The van der Waals surface area contributed by atoms with E-state index in [9.17, 15) is 4.79 Å². The average Bonchev–Trinajstić information content (AvgIpc) is 3.29. The van der Waals surface area contributed by atoms with Crippen molar-refractivity contribution < 1.29 is 18.7 Å². The molecular weight excluding hydrogens is 320 g/mol. The molecule has 0 spiro atoms. The van der Waals surface area contributed by atoms with E-state index in [4.69, 9.17) is 13.9 Å². The Kier molecular flexibility index (Phi) is 4.90. The summed E-state index contributed by atoms with van der Waals surface area (Å²) in [4.78, 5) is 14.2. The molecule has 2 aromatic rings. The molecule has 1 atom stereocenters. The molecule has 3 heterocycles. The van der Waals surface area contributed by atoms with E-state index >= 15 is 0 Å². The molecule has 0 saturated carbocycles. The van der Waals surface area contributed by atoms with Crippen molar-refractivity contribution in [3.8, 4) is 0 Å². The van der Waals surface area contributed by atoms with Gasteiger partial charge in [0.25, 0.3) is 0 Å². The maximum atomic E-state index is 12.4. The Balaban J connectivity index is 1.23. The highest BCUT2D eigenvalue weighted by Crippen LogP contribution is 2.20. The van der Waals surface area contributed by atoms with Gasteiger partial charge in [0.1, 0.15) is 11.3 Å². The summed E-state index contributed by atoms with van der Waals surface area (Å²) in [5, 5.41) is 4.01. The fraction of sp³-hybridized carbons (Fsp3) is 0.526. The van der Waals surface area contributed by atoms with Crippen LogP contribution in [0.2, 0.25) is 0 Å². The monoisotopic (exact) mass is 344 g/mol. The van der Waals surface area contributed by atoms with E-state index in [1.165, 1.54) is 0 Å². The molecule has 0 aliphatic carbocycles. The molecule has 134 valence electrons. The quantitative estimate of drug-likeness (QED) is 0.926. The van der Waals surface area contributed by atoms with Gasteiger partial charge in [-0.05, 0) is 31.4 Å². The number of hydrogen-bond donors (Lipinski definition) is 1. The smallest absolute Gasteiger partial charge is 0.317 e. The van der Waals surface area contributed by atoms with Gasteiger partial charge in [-0.2, -0.15) is 0 Å². The van der Waals surface area contributed by atoms with Crippen LogP contribution in [0, 0.1) is 0 Å². The number of nitrogens with zero attached hydrogens (tertiary/aromatic N) is 1. The molecule has 6 heteroatoms. The first-order valence-electron chi connectivity index (χ1n) is 9.01. The molecule has 2 fully saturated rings. The number of urea groups is 1. The van der Waals surface area contributed by atoms with Crippen molar-refractivity contribution in [3.63, 3.8) is 0 Å². The number of nitrogens with one attached hydrogen (secondary N) is 1. The van der Waals surface area contributed by atoms with Gasteiger partial charge in [-0.25, -0.2) is 4.79 Å². The summed E-state index contributed by atoms with van der Waals surface area (Å²) in [6.45, 7) is 3.36. The molecule has 0 radical (unpaired) electrons. The van der Waals surface area contributed by atoms with E-state index in [1.807, 2.05) is 35.2 Å². The van der Waals surface area contributed by atoms with Crippen molar-refractivity contribution >= 4 is 17.0 Å². The van der Waals surface area contributed by atoms with Crippen LogP contribution in [0.4, 0.5) is 4.79 Å². The number of ether oxygens (including phenoxy) is 2. The first-order chi connectivity index (χ1) is 12.3. The predicted octanol–water partition coefficient (Wildman–Crippen LogP) is 2.91. The Labute approximate surface area is 147 Å². The van der Waals surface area contributed by atoms with E-state index in [-0.39, 0.29) is 18.2 Å². The lowest BCUT2D eigenvalue weighted by Gasteiger charge is -2.33. The van der Waals surface area contributed by atoms with Crippen LogP contribution in [0.15, 0.2) is 34.7 Å². The van der Waals surface area contributed by atoms with Gasteiger partial charge in [-0.1, -0.05) is 18.2 Å². The largest absolute Gasteiger partial charge is 0.459 e. The van der Waals surface area contributed by atoms with E-state index < -0.39 is 0 Å². The second-order valence-electron chi connectivity index (χ2n) is 6.72. The molecule has 2 aliphatic rings. The van der Waals surface area contributed by atoms with Gasteiger partial charge in [0.2, 0.25) is 0 Å². The van der Waals surface area contributed by atoms with Gasteiger partial charge in [-0.15, -0.1) is 0 Å². The molecule has 6 nitrogen and oxygen atoms in total. The third-order valence-electron chi connectivity index (χ3n) is 4.89. The summed E-state index contributed by atoms with van der Waals surface area (Å²) in [5.74, 6) is 0.772. The SMILES string of the molecule is O=C(NCc1cc2ccccc2o1)N1CCC(O[C@H]2CCOC2)CC1. The Morgan fingerprint density at radius 3 is 2.80 bits per heavy atom. The third kappa shape index (κ3) is 3.96. The highest BCUT2D eigenvalue weighted by atomic mass is 16.5. The third-order valence-corrected chi connectivity index (χ3v) is 4.89. The van der Waals surface area contributed by atoms with Crippen molar-refractivity contribution in [2.45, 2.75) is 38.0 Å². The highest BCUT2D eigenvalue weighted by molar-refractivity contribution is 5.78. The van der Waals surface area contributed by atoms with Crippen molar-refractivity contribution in [3.05, 3.63) is 36.1 Å². The summed E-state index contributed by atoms with van der Waals surface area (Å²) in [6, 6.07) is 9.79. The number of likely N-dealkylation sites (tertiary alicyclic amines) is 1. The second-order valence-corrected chi connectivity index (χ2v) is 6.72. The number of benzene rings is 1.